The number of amides is 2. The van der Waals surface area contributed by atoms with E-state index >= 15 is 0 Å². The van der Waals surface area contributed by atoms with Gasteiger partial charge in [-0.2, -0.15) is 0 Å². The van der Waals surface area contributed by atoms with Gasteiger partial charge in [0.25, 0.3) is 5.91 Å². The fourth-order valence-electron chi connectivity index (χ4n) is 4.22. The van der Waals surface area contributed by atoms with Crippen LogP contribution in [0.5, 0.6) is 0 Å². The Balaban J connectivity index is 2.14. The Kier molecular flexibility index (Phi) is 7.61. The molecule has 1 aliphatic rings. The number of hydrogen-bond acceptors (Lipinski definition) is 4. The Morgan fingerprint density at radius 1 is 1.21 bits per heavy atom. The molecular formula is C22H35N3O3. The number of nitrogens with two attached hydrogens (primary N) is 1. The van der Waals surface area contributed by atoms with Crippen LogP contribution >= 0.6 is 0 Å². The molecule has 0 aliphatic heterocycles. The zero-order valence-corrected chi connectivity index (χ0v) is 17.4. The molecule has 1 aromatic rings. The summed E-state index contributed by atoms with van der Waals surface area (Å²) in [7, 11) is 0. The van der Waals surface area contributed by atoms with Gasteiger partial charge in [0.2, 0.25) is 5.91 Å². The minimum atomic E-state index is -1.38. The standard InChI is InChI=1S/C22H35N3O3/c1-14(2)18-11-10-15(3)12-22(18,28)21(27)24-13-19(25-20(26)16(4)23)17-8-6-5-7-9-17/h5-9,14-16,18-19,28H,10-13,23H2,1-4H3,(H,24,27)(H,25,26)/t15?,16-,18?,19-,22?/m0/s1. The lowest BCUT2D eigenvalue weighted by Crippen LogP contribution is -2.57. The van der Waals surface area contributed by atoms with Crippen molar-refractivity contribution >= 4 is 11.8 Å². The first-order valence-electron chi connectivity index (χ1n) is 10.3. The van der Waals surface area contributed by atoms with E-state index in [0.717, 1.165) is 18.4 Å². The first kappa shape index (κ1) is 22.4. The lowest BCUT2D eigenvalue weighted by atomic mass is 9.66. The number of hydrogen-bond donors (Lipinski definition) is 4. The highest BCUT2D eigenvalue weighted by Gasteiger charge is 2.48. The normalized spacial score (nSPS) is 27.1. The van der Waals surface area contributed by atoms with Gasteiger partial charge in [0.1, 0.15) is 5.60 Å². The van der Waals surface area contributed by atoms with Crippen LogP contribution in [0.25, 0.3) is 0 Å². The number of nitrogens with one attached hydrogen (secondary N) is 2. The number of aliphatic hydroxyl groups is 1. The van der Waals surface area contributed by atoms with Gasteiger partial charge in [-0.3, -0.25) is 9.59 Å². The average molecular weight is 390 g/mol. The van der Waals surface area contributed by atoms with E-state index in [2.05, 4.69) is 31.4 Å². The molecule has 1 saturated carbocycles. The molecule has 6 nitrogen and oxygen atoms in total. The van der Waals surface area contributed by atoms with Crippen molar-refractivity contribution in [1.29, 1.82) is 0 Å². The van der Waals surface area contributed by atoms with Crippen molar-refractivity contribution in [2.24, 2.45) is 23.5 Å². The topological polar surface area (TPSA) is 104 Å². The Bertz CT molecular complexity index is 662. The van der Waals surface area contributed by atoms with Crippen LogP contribution in [0.4, 0.5) is 0 Å². The van der Waals surface area contributed by atoms with Crippen LogP contribution in [0.1, 0.15) is 58.6 Å². The summed E-state index contributed by atoms with van der Waals surface area (Å²) in [6.45, 7) is 7.99. The van der Waals surface area contributed by atoms with Crippen LogP contribution < -0.4 is 16.4 Å². The Labute approximate surface area is 168 Å². The lowest BCUT2D eigenvalue weighted by Gasteiger charge is -2.43. The van der Waals surface area contributed by atoms with Gasteiger partial charge >= 0.3 is 0 Å². The second kappa shape index (κ2) is 9.52. The van der Waals surface area contributed by atoms with Crippen molar-refractivity contribution in [3.63, 3.8) is 0 Å². The molecule has 0 aromatic heterocycles. The van der Waals surface area contributed by atoms with Crippen LogP contribution in [0, 0.1) is 17.8 Å². The summed E-state index contributed by atoms with van der Waals surface area (Å²) >= 11 is 0. The van der Waals surface area contributed by atoms with Crippen LogP contribution in [0.15, 0.2) is 30.3 Å². The van der Waals surface area contributed by atoms with E-state index in [1.165, 1.54) is 0 Å². The third kappa shape index (κ3) is 5.32. The molecule has 156 valence electrons. The highest BCUT2D eigenvalue weighted by molar-refractivity contribution is 5.86. The average Bonchev–Trinajstić information content (AvgIpc) is 2.64. The molecule has 2 amide bonds. The summed E-state index contributed by atoms with van der Waals surface area (Å²) in [5.74, 6) is -0.196. The third-order valence-corrected chi connectivity index (χ3v) is 5.84. The molecule has 5 atom stereocenters. The first-order valence-corrected chi connectivity index (χ1v) is 10.3. The Morgan fingerprint density at radius 3 is 2.43 bits per heavy atom. The summed E-state index contributed by atoms with van der Waals surface area (Å²) in [6, 6.07) is 8.40. The molecular weight excluding hydrogens is 354 g/mol. The summed E-state index contributed by atoms with van der Waals surface area (Å²) in [6.07, 6.45) is 2.33. The molecule has 0 bridgehead atoms. The van der Waals surface area contributed by atoms with Crippen molar-refractivity contribution < 1.29 is 14.7 Å². The summed E-state index contributed by atoms with van der Waals surface area (Å²) in [5, 5.41) is 17.1. The summed E-state index contributed by atoms with van der Waals surface area (Å²) in [4.78, 5) is 25.2. The number of carbonyl (C=O) groups is 2. The zero-order valence-electron chi connectivity index (χ0n) is 17.4. The van der Waals surface area contributed by atoms with Gasteiger partial charge in [-0.15, -0.1) is 0 Å². The molecule has 1 aromatic carbocycles. The van der Waals surface area contributed by atoms with E-state index in [0.29, 0.717) is 12.3 Å². The van der Waals surface area contributed by atoms with Crippen molar-refractivity contribution in [3.8, 4) is 0 Å². The zero-order chi connectivity index (χ0) is 20.9. The van der Waals surface area contributed by atoms with Gasteiger partial charge in [-0.1, -0.05) is 57.5 Å². The fourth-order valence-corrected chi connectivity index (χ4v) is 4.22. The molecule has 0 radical (unpaired) electrons. The van der Waals surface area contributed by atoms with E-state index in [1.807, 2.05) is 30.3 Å². The molecule has 6 heteroatoms. The monoisotopic (exact) mass is 389 g/mol. The molecule has 5 N–H and O–H groups in total. The highest BCUT2D eigenvalue weighted by atomic mass is 16.3. The summed E-state index contributed by atoms with van der Waals surface area (Å²) in [5.41, 5.74) is 5.18. The quantitative estimate of drug-likeness (QED) is 0.573. The minimum absolute atomic E-state index is 0.0717. The molecule has 1 aliphatic carbocycles. The SMILES string of the molecule is CC1CCC(C(C)C)C(O)(C(=O)NC[C@H](NC(=O)[C@H](C)N)c2ccccc2)C1. The van der Waals surface area contributed by atoms with Gasteiger partial charge in [-0.05, 0) is 43.1 Å². The Morgan fingerprint density at radius 2 is 1.86 bits per heavy atom. The molecule has 3 unspecified atom stereocenters. The second-order valence-corrected chi connectivity index (χ2v) is 8.63. The minimum Gasteiger partial charge on any atom is -0.380 e. The first-order chi connectivity index (χ1) is 13.1. The number of carbonyl (C=O) groups excluding carboxylic acids is 2. The fraction of sp³-hybridized carbons (Fsp3) is 0.636. The van der Waals surface area contributed by atoms with E-state index in [9.17, 15) is 14.7 Å². The molecule has 0 spiro atoms. The summed E-state index contributed by atoms with van der Waals surface area (Å²) < 4.78 is 0. The van der Waals surface area contributed by atoms with Crippen molar-refractivity contribution in [2.75, 3.05) is 6.54 Å². The van der Waals surface area contributed by atoms with E-state index in [-0.39, 0.29) is 30.2 Å². The molecule has 1 fully saturated rings. The van der Waals surface area contributed by atoms with Crippen LogP contribution in [-0.4, -0.2) is 35.1 Å². The predicted molar refractivity (Wildman–Crippen MR) is 110 cm³/mol. The number of benzene rings is 1. The Hall–Kier alpha value is -1.92. The molecule has 2 rings (SSSR count). The van der Waals surface area contributed by atoms with E-state index in [4.69, 9.17) is 5.73 Å². The van der Waals surface area contributed by atoms with Gasteiger partial charge in [-0.25, -0.2) is 0 Å². The molecule has 28 heavy (non-hydrogen) atoms. The molecule has 0 saturated heterocycles. The second-order valence-electron chi connectivity index (χ2n) is 8.63. The third-order valence-electron chi connectivity index (χ3n) is 5.84. The maximum atomic E-state index is 13.0. The lowest BCUT2D eigenvalue weighted by molar-refractivity contribution is -0.156. The van der Waals surface area contributed by atoms with Crippen molar-refractivity contribution in [3.05, 3.63) is 35.9 Å². The van der Waals surface area contributed by atoms with Crippen LogP contribution in [0.2, 0.25) is 0 Å². The number of rotatable bonds is 7. The van der Waals surface area contributed by atoms with E-state index < -0.39 is 17.7 Å². The maximum Gasteiger partial charge on any atom is 0.252 e. The van der Waals surface area contributed by atoms with Crippen LogP contribution in [-0.2, 0) is 9.59 Å². The predicted octanol–water partition coefficient (Wildman–Crippen LogP) is 2.13. The highest BCUT2D eigenvalue weighted by Crippen LogP contribution is 2.41. The van der Waals surface area contributed by atoms with Crippen molar-refractivity contribution in [2.45, 2.75) is 64.6 Å². The maximum absolute atomic E-state index is 13.0. The van der Waals surface area contributed by atoms with Crippen molar-refractivity contribution in [1.82, 2.24) is 10.6 Å². The van der Waals surface area contributed by atoms with Gasteiger partial charge in [0, 0.05) is 6.54 Å². The van der Waals surface area contributed by atoms with Crippen LogP contribution in [0.3, 0.4) is 0 Å². The van der Waals surface area contributed by atoms with Gasteiger partial charge < -0.3 is 21.5 Å². The van der Waals surface area contributed by atoms with E-state index in [1.54, 1.807) is 6.92 Å². The van der Waals surface area contributed by atoms with Gasteiger partial charge in [0.15, 0.2) is 0 Å². The smallest absolute Gasteiger partial charge is 0.252 e. The van der Waals surface area contributed by atoms with Gasteiger partial charge in [0.05, 0.1) is 12.1 Å². The molecule has 0 heterocycles. The largest absolute Gasteiger partial charge is 0.380 e.